The van der Waals surface area contributed by atoms with Crippen LogP contribution in [0.4, 0.5) is 0 Å². The molecule has 9 aromatic carbocycles. The molecule has 0 aliphatic heterocycles. The molecule has 0 spiro atoms. The van der Waals surface area contributed by atoms with Gasteiger partial charge in [-0.2, -0.15) is 0 Å². The van der Waals surface area contributed by atoms with E-state index in [4.69, 9.17) is 14.2 Å². The summed E-state index contributed by atoms with van der Waals surface area (Å²) in [7, 11) is -13.3. The molecule has 5 unspecified atom stereocenters. The zero-order valence-corrected chi connectivity index (χ0v) is 70.0. The highest BCUT2D eigenvalue weighted by atomic mass is 32.2. The normalized spacial score (nSPS) is 23.1. The maximum Gasteiger partial charge on any atom is 0.310 e. The van der Waals surface area contributed by atoms with Crippen LogP contribution in [0.15, 0.2) is 317 Å². The minimum Gasteiger partial charge on any atom is -0.748 e. The molecular formula is C91H104O16S6. The Bertz CT molecular complexity index is 4240. The van der Waals surface area contributed by atoms with E-state index in [-0.39, 0.29) is 32.7 Å². The Morgan fingerprint density at radius 2 is 0.593 bits per heavy atom. The third-order valence-corrected chi connectivity index (χ3v) is 30.6. The maximum absolute atomic E-state index is 12.2. The molecule has 22 heteroatoms. The van der Waals surface area contributed by atoms with Gasteiger partial charge in [-0.05, 0) is 237 Å². The number of carbonyl (C=O) groups is 3. The number of hydrogen-bond donors (Lipinski definition) is 1. The zero-order valence-electron chi connectivity index (χ0n) is 65.1. The molecule has 113 heavy (non-hydrogen) atoms. The van der Waals surface area contributed by atoms with Crippen molar-refractivity contribution in [3.8, 4) is 0 Å². The summed E-state index contributed by atoms with van der Waals surface area (Å²) in [5.41, 5.74) is -2.53. The van der Waals surface area contributed by atoms with Crippen molar-refractivity contribution in [2.45, 2.75) is 186 Å². The first-order valence-corrected chi connectivity index (χ1v) is 46.9. The molecule has 9 aromatic rings. The predicted octanol–water partition coefficient (Wildman–Crippen LogP) is 17.6. The molecule has 8 saturated carbocycles. The fourth-order valence-corrected chi connectivity index (χ4v) is 25.5. The van der Waals surface area contributed by atoms with Gasteiger partial charge < -0.3 is 33.0 Å². The Kier molecular flexibility index (Phi) is 30.3. The number of rotatable bonds is 20. The summed E-state index contributed by atoms with van der Waals surface area (Å²) >= 11 is 0. The number of benzene rings is 9. The van der Waals surface area contributed by atoms with Crippen molar-refractivity contribution in [2.75, 3.05) is 17.3 Å². The van der Waals surface area contributed by atoms with Crippen LogP contribution in [0.2, 0.25) is 0 Å². The summed E-state index contributed by atoms with van der Waals surface area (Å²) < 4.78 is 112. The zero-order chi connectivity index (χ0) is 81.2. The van der Waals surface area contributed by atoms with Gasteiger partial charge >= 0.3 is 17.9 Å². The molecule has 8 aliphatic carbocycles. The summed E-state index contributed by atoms with van der Waals surface area (Å²) in [5, 5.41) is 10.6. The van der Waals surface area contributed by atoms with E-state index in [1.807, 2.05) is 6.92 Å². The number of aliphatic hydroxyl groups is 1. The average Bonchev–Trinajstić information content (AvgIpc) is 0.732. The average molecular weight is 1650 g/mol. The van der Waals surface area contributed by atoms with Crippen LogP contribution in [-0.2, 0) is 91.6 Å². The van der Waals surface area contributed by atoms with Crippen LogP contribution in [0.1, 0.15) is 119 Å². The van der Waals surface area contributed by atoms with Crippen molar-refractivity contribution < 1.29 is 72.6 Å². The van der Waals surface area contributed by atoms with Crippen molar-refractivity contribution in [3.05, 3.63) is 273 Å². The minimum absolute atomic E-state index is 0.0146. The van der Waals surface area contributed by atoms with Crippen molar-refractivity contribution in [3.63, 3.8) is 0 Å². The fraction of sp³-hybridized carbons (Fsp3) is 0.374. The van der Waals surface area contributed by atoms with Gasteiger partial charge in [0.25, 0.3) is 0 Å². The third kappa shape index (κ3) is 26.1. The number of hydrogen-bond acceptors (Lipinski definition) is 16. The highest BCUT2D eigenvalue weighted by molar-refractivity contribution is 7.97. The maximum atomic E-state index is 12.2. The second kappa shape index (κ2) is 39.2. The van der Waals surface area contributed by atoms with E-state index in [0.717, 1.165) is 69.6 Å². The van der Waals surface area contributed by atoms with Gasteiger partial charge in [-0.1, -0.05) is 185 Å². The van der Waals surface area contributed by atoms with Gasteiger partial charge in [0.2, 0.25) is 0 Å². The fourth-order valence-electron chi connectivity index (χ4n) is 16.9. The molecule has 0 aromatic heterocycles. The van der Waals surface area contributed by atoms with Crippen molar-refractivity contribution in [2.24, 2.45) is 53.3 Å². The van der Waals surface area contributed by atoms with Crippen molar-refractivity contribution >= 4 is 80.9 Å². The van der Waals surface area contributed by atoms with E-state index in [9.17, 15) is 58.4 Å². The molecular weight excluding hydrogens is 1540 g/mol. The monoisotopic (exact) mass is 1640 g/mol. The van der Waals surface area contributed by atoms with Gasteiger partial charge in [0.05, 0.1) is 104 Å². The standard InChI is InChI=1S/3C18H15S.C15H24O5S.C14H22O6S.C8H16O5S/c3*1-4-10-16(11-5-1)19(17-12-6-2-7-13-17)18-14-8-3-9-15-18;1-9(8-21(17,18)19)14(16)20-15(2)12-4-10-3-11(6-12)7-13(15)5-10;1-9(7-21(17,18)19)12(15)20-14-5-10-2-11(6-14)4-13(16,3-10)8-14;1-6(5-14(10,11)12)7(9)13-8(2,3)4/h3*1-15H;9-13H,3-8H2,1-2H3,(H,17,18,19);9-11,16H,2-8H2,1H3,(H,17,18,19);6H,5H2,1-4H3,(H,10,11,12)/q3*+1;;;/p-3. The summed E-state index contributed by atoms with van der Waals surface area (Å²) in [6.07, 6.45) is 10.3. The molecule has 0 saturated heterocycles. The van der Waals surface area contributed by atoms with Gasteiger partial charge in [-0.3, -0.25) is 14.4 Å². The molecule has 1 N–H and O–H groups in total. The summed E-state index contributed by atoms with van der Waals surface area (Å²) in [6, 6.07) is 96.5. The largest absolute Gasteiger partial charge is 0.748 e. The van der Waals surface area contributed by atoms with Crippen molar-refractivity contribution in [1.29, 1.82) is 0 Å². The van der Waals surface area contributed by atoms with Gasteiger partial charge in [0.1, 0.15) is 16.8 Å². The third-order valence-electron chi connectivity index (χ3n) is 21.2. The topological polar surface area (TPSA) is 271 Å². The van der Waals surface area contributed by atoms with Crippen LogP contribution in [0.25, 0.3) is 0 Å². The molecule has 0 heterocycles. The Morgan fingerprint density at radius 3 is 0.814 bits per heavy atom. The predicted molar refractivity (Wildman–Crippen MR) is 441 cm³/mol. The first-order valence-electron chi connectivity index (χ1n) is 38.5. The quantitative estimate of drug-likeness (QED) is 0.0321. The van der Waals surface area contributed by atoms with Crippen molar-refractivity contribution in [1.82, 2.24) is 0 Å². The first kappa shape index (κ1) is 87.5. The van der Waals surface area contributed by atoms with Crippen LogP contribution < -0.4 is 0 Å². The highest BCUT2D eigenvalue weighted by Crippen LogP contribution is 2.61. The van der Waals surface area contributed by atoms with E-state index >= 15 is 0 Å². The Labute approximate surface area is 677 Å². The number of esters is 3. The van der Waals surface area contributed by atoms with Gasteiger partial charge in [0.15, 0.2) is 44.1 Å². The summed E-state index contributed by atoms with van der Waals surface area (Å²) in [6.45, 7) is 11.2. The van der Waals surface area contributed by atoms with Crippen LogP contribution in [0, 0.1) is 53.3 Å². The Balaban J connectivity index is 0.000000144. The number of carbonyl (C=O) groups excluding carboxylic acids is 3. The molecule has 16 nitrogen and oxygen atoms in total. The lowest BCUT2D eigenvalue weighted by atomic mass is 9.50. The lowest BCUT2D eigenvalue weighted by Crippen LogP contribution is -2.60. The minimum atomic E-state index is -4.45. The first-order chi connectivity index (χ1) is 53.6. The molecule has 17 rings (SSSR count). The molecule has 0 amide bonds. The van der Waals surface area contributed by atoms with Gasteiger partial charge in [-0.15, -0.1) is 0 Å². The summed E-state index contributed by atoms with van der Waals surface area (Å²) in [5.74, 6) is -3.65. The van der Waals surface area contributed by atoms with Crippen LogP contribution in [0.5, 0.6) is 0 Å². The molecule has 8 fully saturated rings. The summed E-state index contributed by atoms with van der Waals surface area (Å²) in [4.78, 5) is 47.8. The number of ether oxygens (including phenoxy) is 3. The molecule has 8 aliphatic rings. The SMILES string of the molecule is CC(CS(=O)(=O)[O-])C(=O)OC(C)(C)C.CC(CS(=O)(=O)[O-])C(=O)OC1(C)C2CC3CC(C2)CC1C3.CC(CS(=O)(=O)[O-])C(=O)OC12CC3CC(CC(O)(C3)C1)C2.c1ccc([S+](c2ccccc2)c2ccccc2)cc1.c1ccc([S+](c2ccccc2)c2ccccc2)cc1.c1ccc([S+](c2ccccc2)c2ccccc2)cc1. The van der Waals surface area contributed by atoms with Crippen LogP contribution in [0.3, 0.4) is 0 Å². The Hall–Kier alpha value is -7.87. The van der Waals surface area contributed by atoms with E-state index in [1.165, 1.54) is 71.3 Å². The second-order valence-corrected chi connectivity index (χ2v) is 42.3. The van der Waals surface area contributed by atoms with Crippen LogP contribution in [-0.4, -0.2) is 102 Å². The van der Waals surface area contributed by atoms with E-state index in [0.29, 0.717) is 30.1 Å². The highest BCUT2D eigenvalue weighted by Gasteiger charge is 2.60. The molecule has 8 bridgehead atoms. The molecule has 0 radical (unpaired) electrons. The van der Waals surface area contributed by atoms with Gasteiger partial charge in [0, 0.05) is 6.42 Å². The van der Waals surface area contributed by atoms with E-state index in [1.54, 1.807) is 20.8 Å². The van der Waals surface area contributed by atoms with E-state index < -0.39 is 106 Å². The lowest BCUT2D eigenvalue weighted by Gasteiger charge is -2.59. The molecule has 600 valence electrons. The molecule has 5 atom stereocenters. The second-order valence-electron chi connectivity index (χ2n) is 31.8. The van der Waals surface area contributed by atoms with Gasteiger partial charge in [-0.25, -0.2) is 25.3 Å². The Morgan fingerprint density at radius 1 is 0.372 bits per heavy atom. The smallest absolute Gasteiger partial charge is 0.310 e. The van der Waals surface area contributed by atoms with Crippen LogP contribution >= 0.6 is 0 Å². The lowest BCUT2D eigenvalue weighted by molar-refractivity contribution is -0.221. The van der Waals surface area contributed by atoms with E-state index in [2.05, 4.69) is 273 Å².